The molecular weight excluding hydrogens is 176 g/mol. The van der Waals surface area contributed by atoms with Gasteiger partial charge in [-0.3, -0.25) is 0 Å². The van der Waals surface area contributed by atoms with Gasteiger partial charge in [-0.05, 0) is 13.0 Å². The van der Waals surface area contributed by atoms with E-state index in [-0.39, 0.29) is 0 Å². The number of hydrogen-bond donors (Lipinski definition) is 1. The van der Waals surface area contributed by atoms with Crippen molar-refractivity contribution in [2.24, 2.45) is 0 Å². The molecule has 0 radical (unpaired) electrons. The molecule has 3 nitrogen and oxygen atoms in total. The lowest BCUT2D eigenvalue weighted by atomic mass is 10.3. The Labute approximate surface area is 84.1 Å². The van der Waals surface area contributed by atoms with Gasteiger partial charge in [0.25, 0.3) is 0 Å². The van der Waals surface area contributed by atoms with Crippen molar-refractivity contribution in [1.82, 2.24) is 9.97 Å². The van der Waals surface area contributed by atoms with Gasteiger partial charge in [-0.15, -0.1) is 0 Å². The summed E-state index contributed by atoms with van der Waals surface area (Å²) in [6.45, 7) is 6.02. The molecule has 0 unspecified atom stereocenters. The number of methoxy groups -OCH3 is 1. The summed E-state index contributed by atoms with van der Waals surface area (Å²) < 4.78 is 5.01. The third-order valence-corrected chi connectivity index (χ3v) is 1.82. The molecule has 2 rings (SSSR count). The van der Waals surface area contributed by atoms with Crippen LogP contribution in [0.4, 0.5) is 0 Å². The van der Waals surface area contributed by atoms with E-state index in [0.29, 0.717) is 5.88 Å². The van der Waals surface area contributed by atoms with E-state index in [2.05, 4.69) is 16.0 Å². The first-order valence-corrected chi connectivity index (χ1v) is 4.79. The van der Waals surface area contributed by atoms with Crippen LogP contribution < -0.4 is 4.74 Å². The lowest BCUT2D eigenvalue weighted by Crippen LogP contribution is -1.85. The van der Waals surface area contributed by atoms with Crippen molar-refractivity contribution < 1.29 is 4.74 Å². The van der Waals surface area contributed by atoms with Crippen LogP contribution in [-0.4, -0.2) is 17.1 Å². The van der Waals surface area contributed by atoms with Crippen molar-refractivity contribution in [2.45, 2.75) is 20.8 Å². The van der Waals surface area contributed by atoms with Gasteiger partial charge >= 0.3 is 0 Å². The maximum absolute atomic E-state index is 5.01. The van der Waals surface area contributed by atoms with E-state index in [9.17, 15) is 0 Å². The molecule has 14 heavy (non-hydrogen) atoms. The van der Waals surface area contributed by atoms with Crippen molar-refractivity contribution in [1.29, 1.82) is 0 Å². The van der Waals surface area contributed by atoms with Gasteiger partial charge < -0.3 is 9.72 Å². The molecule has 0 spiro atoms. The third kappa shape index (κ3) is 2.05. The van der Waals surface area contributed by atoms with Crippen LogP contribution in [0.25, 0.3) is 10.9 Å². The highest BCUT2D eigenvalue weighted by Crippen LogP contribution is 2.17. The van der Waals surface area contributed by atoms with Crippen molar-refractivity contribution in [3.63, 3.8) is 0 Å². The van der Waals surface area contributed by atoms with Gasteiger partial charge in [0.05, 0.1) is 18.8 Å². The highest BCUT2D eigenvalue weighted by atomic mass is 16.5. The van der Waals surface area contributed by atoms with Gasteiger partial charge in [0.1, 0.15) is 0 Å². The molecule has 0 saturated carbocycles. The van der Waals surface area contributed by atoms with Crippen molar-refractivity contribution in [3.05, 3.63) is 24.0 Å². The third-order valence-electron chi connectivity index (χ3n) is 1.82. The van der Waals surface area contributed by atoms with Crippen LogP contribution in [-0.2, 0) is 0 Å². The van der Waals surface area contributed by atoms with E-state index in [1.807, 2.05) is 26.8 Å². The number of rotatable bonds is 1. The Bertz CT molecular complexity index is 407. The SMILES string of the molecule is CC.COc1cc2cc(C)[nH]c2cn1. The number of fused-ring (bicyclic) bond motifs is 1. The highest BCUT2D eigenvalue weighted by molar-refractivity contribution is 5.80. The number of aromatic nitrogens is 2. The van der Waals surface area contributed by atoms with E-state index in [1.165, 1.54) is 0 Å². The largest absolute Gasteiger partial charge is 0.481 e. The number of aromatic amines is 1. The van der Waals surface area contributed by atoms with Crippen LogP contribution in [0.1, 0.15) is 19.5 Å². The summed E-state index contributed by atoms with van der Waals surface area (Å²) in [7, 11) is 1.62. The van der Waals surface area contributed by atoms with Gasteiger partial charge in [-0.1, -0.05) is 13.8 Å². The molecule has 0 aliphatic carbocycles. The standard InChI is InChI=1S/C9H10N2O.C2H6/c1-6-3-7-4-9(12-2)10-5-8(7)11-6;1-2/h3-5,11H,1-2H3;1-2H3. The second kappa shape index (κ2) is 4.65. The fourth-order valence-corrected chi connectivity index (χ4v) is 1.27. The quantitative estimate of drug-likeness (QED) is 0.754. The monoisotopic (exact) mass is 192 g/mol. The average molecular weight is 192 g/mol. The van der Waals surface area contributed by atoms with Gasteiger partial charge in [-0.25, -0.2) is 4.98 Å². The Morgan fingerprint density at radius 3 is 2.64 bits per heavy atom. The Hall–Kier alpha value is -1.51. The molecule has 1 N–H and O–H groups in total. The van der Waals surface area contributed by atoms with Gasteiger partial charge in [0, 0.05) is 17.1 Å². The number of hydrogen-bond acceptors (Lipinski definition) is 2. The molecule has 2 aromatic rings. The summed E-state index contributed by atoms with van der Waals surface area (Å²) in [6, 6.07) is 3.98. The first kappa shape index (κ1) is 10.6. The topological polar surface area (TPSA) is 37.9 Å². The maximum Gasteiger partial charge on any atom is 0.213 e. The smallest absolute Gasteiger partial charge is 0.213 e. The van der Waals surface area contributed by atoms with E-state index < -0.39 is 0 Å². The fourth-order valence-electron chi connectivity index (χ4n) is 1.27. The normalized spacial score (nSPS) is 9.43. The maximum atomic E-state index is 5.01. The summed E-state index contributed by atoms with van der Waals surface area (Å²) >= 11 is 0. The number of nitrogens with zero attached hydrogens (tertiary/aromatic N) is 1. The molecule has 0 bridgehead atoms. The number of aryl methyl sites for hydroxylation is 1. The Kier molecular flexibility index (Phi) is 3.51. The molecule has 0 aromatic carbocycles. The fraction of sp³-hybridized carbons (Fsp3) is 0.364. The minimum Gasteiger partial charge on any atom is -0.481 e. The molecule has 3 heteroatoms. The van der Waals surface area contributed by atoms with E-state index >= 15 is 0 Å². The molecule has 0 aliphatic rings. The van der Waals surface area contributed by atoms with E-state index in [4.69, 9.17) is 4.74 Å². The van der Waals surface area contributed by atoms with Crippen LogP contribution in [0.15, 0.2) is 18.3 Å². The predicted octanol–water partition coefficient (Wildman–Crippen LogP) is 2.91. The summed E-state index contributed by atoms with van der Waals surface area (Å²) in [6.07, 6.45) is 1.78. The second-order valence-electron chi connectivity index (χ2n) is 2.77. The Morgan fingerprint density at radius 2 is 2.00 bits per heavy atom. The number of nitrogens with one attached hydrogen (secondary N) is 1. The van der Waals surface area contributed by atoms with Gasteiger partial charge in [0.15, 0.2) is 0 Å². The zero-order valence-electron chi connectivity index (χ0n) is 9.09. The minimum atomic E-state index is 0.654. The first-order chi connectivity index (χ1) is 6.79. The zero-order valence-corrected chi connectivity index (χ0v) is 9.09. The zero-order chi connectivity index (χ0) is 10.6. The number of ether oxygens (including phenoxy) is 1. The lowest BCUT2D eigenvalue weighted by Gasteiger charge is -1.96. The van der Waals surface area contributed by atoms with Crippen LogP contribution in [0, 0.1) is 6.92 Å². The molecular formula is C11H16N2O. The number of H-pyrrole nitrogens is 1. The van der Waals surface area contributed by atoms with Crippen LogP contribution in [0.2, 0.25) is 0 Å². The van der Waals surface area contributed by atoms with Gasteiger partial charge in [0.2, 0.25) is 5.88 Å². The first-order valence-electron chi connectivity index (χ1n) is 4.79. The summed E-state index contributed by atoms with van der Waals surface area (Å²) in [5, 5.41) is 1.14. The van der Waals surface area contributed by atoms with E-state index in [1.54, 1.807) is 13.3 Å². The molecule has 0 atom stereocenters. The Morgan fingerprint density at radius 1 is 1.29 bits per heavy atom. The number of pyridine rings is 1. The molecule has 2 aromatic heterocycles. The summed E-state index contributed by atoms with van der Waals surface area (Å²) in [4.78, 5) is 7.28. The van der Waals surface area contributed by atoms with E-state index in [0.717, 1.165) is 16.6 Å². The van der Waals surface area contributed by atoms with Crippen LogP contribution in [0.3, 0.4) is 0 Å². The summed E-state index contributed by atoms with van der Waals surface area (Å²) in [5.41, 5.74) is 2.19. The lowest BCUT2D eigenvalue weighted by molar-refractivity contribution is 0.399. The van der Waals surface area contributed by atoms with Crippen molar-refractivity contribution in [3.8, 4) is 5.88 Å². The Balaban J connectivity index is 0.000000461. The second-order valence-corrected chi connectivity index (χ2v) is 2.77. The van der Waals surface area contributed by atoms with Crippen LogP contribution >= 0.6 is 0 Å². The minimum absolute atomic E-state index is 0.654. The molecule has 76 valence electrons. The molecule has 0 saturated heterocycles. The van der Waals surface area contributed by atoms with Gasteiger partial charge in [-0.2, -0.15) is 0 Å². The molecule has 0 aliphatic heterocycles. The molecule has 0 amide bonds. The van der Waals surface area contributed by atoms with Crippen molar-refractivity contribution in [2.75, 3.05) is 7.11 Å². The predicted molar refractivity (Wildman–Crippen MR) is 58.7 cm³/mol. The average Bonchev–Trinajstić information content (AvgIpc) is 2.59. The molecule has 2 heterocycles. The molecule has 0 fully saturated rings. The van der Waals surface area contributed by atoms with Crippen LogP contribution in [0.5, 0.6) is 5.88 Å². The highest BCUT2D eigenvalue weighted by Gasteiger charge is 1.99. The summed E-state index contributed by atoms with van der Waals surface area (Å²) in [5.74, 6) is 0.654. The van der Waals surface area contributed by atoms with Crippen molar-refractivity contribution >= 4 is 10.9 Å².